The van der Waals surface area contributed by atoms with Gasteiger partial charge in [-0.25, -0.2) is 13.4 Å². The average molecular weight is 766 g/mol. The molecule has 264 valence electrons. The summed E-state index contributed by atoms with van der Waals surface area (Å²) >= 11 is 8.79. The number of ether oxygens (including phenoxy) is 1. The number of carbonyl (C=O) groups excluding carboxylic acids is 1. The lowest BCUT2D eigenvalue weighted by Gasteiger charge is -2.18. The molecule has 1 fully saturated rings. The number of aromatic nitrogens is 2. The van der Waals surface area contributed by atoms with E-state index in [0.717, 1.165) is 60.4 Å². The van der Waals surface area contributed by atoms with E-state index in [1.54, 1.807) is 18.2 Å². The Labute approximate surface area is 306 Å². The highest BCUT2D eigenvalue weighted by Gasteiger charge is 2.29. The monoisotopic (exact) mass is 765 g/mol. The minimum Gasteiger partial charge on any atom is -0.495 e. The summed E-state index contributed by atoms with van der Waals surface area (Å²) < 4.78 is 34.2. The van der Waals surface area contributed by atoms with E-state index in [0.29, 0.717) is 51.4 Å². The molecule has 51 heavy (non-hydrogen) atoms. The molecule has 1 unspecified atom stereocenters. The number of rotatable bonds is 9. The van der Waals surface area contributed by atoms with Gasteiger partial charge in [0.25, 0.3) is 17.2 Å². The third-order valence-electron chi connectivity index (χ3n) is 9.11. The number of nitrogens with zero attached hydrogens (tertiary/aromatic N) is 4. The Bertz CT molecular complexity index is 2370. The Morgan fingerprint density at radius 3 is 2.57 bits per heavy atom. The van der Waals surface area contributed by atoms with E-state index < -0.39 is 20.9 Å². The second kappa shape index (κ2) is 14.0. The zero-order chi connectivity index (χ0) is 36.0. The third-order valence-corrected chi connectivity index (χ3v) is 13.4. The smallest absolute Gasteiger partial charge is 0.284 e. The van der Waals surface area contributed by atoms with Crippen LogP contribution < -0.4 is 15.6 Å². The Morgan fingerprint density at radius 1 is 1.12 bits per heavy atom. The van der Waals surface area contributed by atoms with Gasteiger partial charge in [0, 0.05) is 40.3 Å². The van der Waals surface area contributed by atoms with Gasteiger partial charge in [-0.15, -0.1) is 11.3 Å². The second-order valence-electron chi connectivity index (χ2n) is 12.5. The number of aryl methyl sites for hydroxylation is 1. The maximum absolute atomic E-state index is 14.4. The quantitative estimate of drug-likeness (QED) is 0.0923. The van der Waals surface area contributed by atoms with Crippen LogP contribution in [0.15, 0.2) is 80.4 Å². The van der Waals surface area contributed by atoms with Gasteiger partial charge in [-0.3, -0.25) is 24.3 Å². The Morgan fingerprint density at radius 2 is 1.86 bits per heavy atom. The summed E-state index contributed by atoms with van der Waals surface area (Å²) in [6.07, 6.45) is 4.18. The number of nitrogens with one attached hydrogen (secondary N) is 1. The largest absolute Gasteiger partial charge is 0.495 e. The van der Waals surface area contributed by atoms with E-state index in [4.69, 9.17) is 21.3 Å². The fourth-order valence-electron chi connectivity index (χ4n) is 6.47. The van der Waals surface area contributed by atoms with Gasteiger partial charge >= 0.3 is 0 Å². The molecular weight excluding hydrogens is 734 g/mol. The minimum atomic E-state index is -3.62. The molecule has 1 saturated heterocycles. The highest BCUT2D eigenvalue weighted by atomic mass is 35.5. The first kappa shape index (κ1) is 35.1. The first-order valence-electron chi connectivity index (χ1n) is 16.2. The molecule has 1 aliphatic carbocycles. The molecule has 1 atom stereocenters. The van der Waals surface area contributed by atoms with Crippen molar-refractivity contribution in [2.75, 3.05) is 25.5 Å². The molecule has 0 spiro atoms. The summed E-state index contributed by atoms with van der Waals surface area (Å²) in [6, 6.07) is 14.7. The SMILES string of the molecule is COc1ccc(Cl)cc1-n1c(Sc2ccc(C(=O)Nc3ccc(S(=O)(=O)N4CCCC4)cc3)cc2[N+](=O)[O-])nc2sc3c(c2c1=O)CCC(C)C3. The van der Waals surface area contributed by atoms with Gasteiger partial charge in [-0.1, -0.05) is 18.5 Å². The molecule has 0 saturated carbocycles. The van der Waals surface area contributed by atoms with E-state index in [2.05, 4.69) is 12.2 Å². The maximum Gasteiger partial charge on any atom is 0.284 e. The molecule has 7 rings (SSSR count). The van der Waals surface area contributed by atoms with Gasteiger partial charge in [0.1, 0.15) is 10.6 Å². The van der Waals surface area contributed by atoms with Gasteiger partial charge in [0.15, 0.2) is 5.16 Å². The first-order valence-corrected chi connectivity index (χ1v) is 19.7. The van der Waals surface area contributed by atoms with Crippen molar-refractivity contribution in [3.8, 4) is 11.4 Å². The van der Waals surface area contributed by atoms with Gasteiger partial charge in [-0.2, -0.15) is 4.31 Å². The number of halogens is 1. The summed E-state index contributed by atoms with van der Waals surface area (Å²) in [5.41, 5.74) is 0.977. The number of thiophene rings is 1. The van der Waals surface area contributed by atoms with Crippen molar-refractivity contribution >= 4 is 72.2 Å². The average Bonchev–Trinajstić information content (AvgIpc) is 3.78. The van der Waals surface area contributed by atoms with E-state index in [1.165, 1.54) is 63.7 Å². The number of sulfonamides is 1. The molecular formula is C35H32ClN5O7S3. The maximum atomic E-state index is 14.4. The van der Waals surface area contributed by atoms with Crippen LogP contribution in [-0.4, -0.2) is 53.3 Å². The van der Waals surface area contributed by atoms with Crippen LogP contribution >= 0.6 is 34.7 Å². The lowest BCUT2D eigenvalue weighted by atomic mass is 9.89. The van der Waals surface area contributed by atoms with Crippen LogP contribution in [0.1, 0.15) is 47.0 Å². The summed E-state index contributed by atoms with van der Waals surface area (Å²) in [7, 11) is -2.15. The van der Waals surface area contributed by atoms with Gasteiger partial charge in [0.05, 0.1) is 32.9 Å². The van der Waals surface area contributed by atoms with Crippen molar-refractivity contribution < 1.29 is 22.9 Å². The molecule has 3 aromatic carbocycles. The minimum absolute atomic E-state index is 0.0113. The normalized spacial score (nSPS) is 16.3. The van der Waals surface area contributed by atoms with Crippen LogP contribution in [0.2, 0.25) is 5.02 Å². The second-order valence-corrected chi connectivity index (χ2v) is 17.0. The molecule has 2 aliphatic rings. The fraction of sp³-hybridized carbons (Fsp3) is 0.286. The zero-order valence-electron chi connectivity index (χ0n) is 27.5. The van der Waals surface area contributed by atoms with E-state index >= 15 is 0 Å². The van der Waals surface area contributed by atoms with Crippen LogP contribution in [-0.2, 0) is 22.9 Å². The molecule has 1 aliphatic heterocycles. The number of benzene rings is 3. The van der Waals surface area contributed by atoms with Crippen molar-refractivity contribution in [3.63, 3.8) is 0 Å². The number of hydrogen-bond donors (Lipinski definition) is 1. The van der Waals surface area contributed by atoms with Crippen LogP contribution in [0.3, 0.4) is 0 Å². The van der Waals surface area contributed by atoms with Crippen molar-refractivity contribution in [2.45, 2.75) is 54.0 Å². The van der Waals surface area contributed by atoms with Crippen molar-refractivity contribution in [3.05, 3.63) is 102 Å². The topological polar surface area (TPSA) is 154 Å². The zero-order valence-corrected chi connectivity index (χ0v) is 30.8. The van der Waals surface area contributed by atoms with Crippen LogP contribution in [0.4, 0.5) is 11.4 Å². The summed E-state index contributed by atoms with van der Waals surface area (Å²) in [5, 5.41) is 16.1. The number of fused-ring (bicyclic) bond motifs is 3. The predicted octanol–water partition coefficient (Wildman–Crippen LogP) is 7.33. The predicted molar refractivity (Wildman–Crippen MR) is 198 cm³/mol. The highest BCUT2D eigenvalue weighted by Crippen LogP contribution is 2.41. The van der Waals surface area contributed by atoms with E-state index in [-0.39, 0.29) is 31.8 Å². The number of anilines is 1. The molecule has 2 aromatic heterocycles. The first-order chi connectivity index (χ1) is 24.4. The summed E-state index contributed by atoms with van der Waals surface area (Å²) in [4.78, 5) is 46.3. The number of methoxy groups -OCH3 is 1. The lowest BCUT2D eigenvalue weighted by Crippen LogP contribution is -2.27. The molecule has 12 nitrogen and oxygen atoms in total. The lowest BCUT2D eigenvalue weighted by molar-refractivity contribution is -0.387. The van der Waals surface area contributed by atoms with Crippen LogP contribution in [0, 0.1) is 16.0 Å². The molecule has 1 amide bonds. The molecule has 16 heteroatoms. The highest BCUT2D eigenvalue weighted by molar-refractivity contribution is 7.99. The number of amides is 1. The van der Waals surface area contributed by atoms with Crippen molar-refractivity contribution in [2.24, 2.45) is 5.92 Å². The number of nitro groups is 1. The molecule has 0 bridgehead atoms. The van der Waals surface area contributed by atoms with Gasteiger partial charge < -0.3 is 10.1 Å². The third kappa shape index (κ3) is 6.76. The number of hydrogen-bond acceptors (Lipinski definition) is 10. The molecule has 0 radical (unpaired) electrons. The molecule has 3 heterocycles. The van der Waals surface area contributed by atoms with E-state index in [1.807, 2.05) is 0 Å². The molecule has 1 N–H and O–H groups in total. The fourth-order valence-corrected chi connectivity index (χ4v) is 10.6. The van der Waals surface area contributed by atoms with Crippen molar-refractivity contribution in [1.29, 1.82) is 0 Å². The number of nitro benzene ring substituents is 1. The Balaban J connectivity index is 1.24. The van der Waals surface area contributed by atoms with E-state index in [9.17, 15) is 28.1 Å². The van der Waals surface area contributed by atoms with Crippen LogP contribution in [0.25, 0.3) is 15.9 Å². The van der Waals surface area contributed by atoms with Crippen LogP contribution in [0.5, 0.6) is 5.75 Å². The Hall–Kier alpha value is -4.28. The molecule has 5 aromatic rings. The summed E-state index contributed by atoms with van der Waals surface area (Å²) in [5.74, 6) is 0.219. The summed E-state index contributed by atoms with van der Waals surface area (Å²) in [6.45, 7) is 3.13. The van der Waals surface area contributed by atoms with Crippen molar-refractivity contribution in [1.82, 2.24) is 13.9 Å². The van der Waals surface area contributed by atoms with Gasteiger partial charge in [-0.05, 0) is 110 Å². The van der Waals surface area contributed by atoms with Gasteiger partial charge in [0.2, 0.25) is 10.0 Å². The number of carbonyl (C=O) groups is 1. The Kier molecular flexibility index (Phi) is 9.67. The standard InChI is InChI=1S/C35H32ClN5O7S3/c1-20-5-12-25-30(17-20)49-33-31(25)34(43)40(26-19-22(36)7-13-28(26)48-2)35(38-33)50-29-14-6-21(18-27(29)41(44)45)32(42)37-23-8-10-24(11-9-23)51(46,47)39-15-3-4-16-39/h6-11,13-14,18-20H,3-5,12,15-17H2,1-2H3,(H,37,42).